The van der Waals surface area contributed by atoms with Gasteiger partial charge in [0.2, 0.25) is 0 Å². The minimum Gasteiger partial charge on any atom is -0.371 e. The van der Waals surface area contributed by atoms with Crippen LogP contribution in [0.3, 0.4) is 0 Å². The van der Waals surface area contributed by atoms with Crippen molar-refractivity contribution < 1.29 is 0 Å². The van der Waals surface area contributed by atoms with E-state index >= 15 is 0 Å². The summed E-state index contributed by atoms with van der Waals surface area (Å²) in [5.74, 6) is 0. The number of allylic oxidation sites excluding steroid dienone is 1. The van der Waals surface area contributed by atoms with Crippen LogP contribution in [0.1, 0.15) is 25.1 Å². The first-order chi connectivity index (χ1) is 8.97. The summed E-state index contributed by atoms with van der Waals surface area (Å²) in [7, 11) is 0. The van der Waals surface area contributed by atoms with Gasteiger partial charge in [-0.1, -0.05) is 0 Å². The van der Waals surface area contributed by atoms with Gasteiger partial charge in [0, 0.05) is 11.8 Å². The van der Waals surface area contributed by atoms with Gasteiger partial charge in [0.05, 0.1) is 17.6 Å². The molecule has 1 aromatic rings. The summed E-state index contributed by atoms with van der Waals surface area (Å²) in [6.45, 7) is 5.54. The van der Waals surface area contributed by atoms with Crippen molar-refractivity contribution in [2.24, 2.45) is 10.7 Å². The van der Waals surface area contributed by atoms with E-state index < -0.39 is 0 Å². The van der Waals surface area contributed by atoms with Crippen LogP contribution in [0.4, 0.5) is 0 Å². The molecule has 4 N–H and O–H groups in total. The summed E-state index contributed by atoms with van der Waals surface area (Å²) in [5, 5.41) is 9.43. The Bertz CT molecular complexity index is 639. The molecule has 1 atom stereocenters. The predicted octanol–water partition coefficient (Wildman–Crippen LogP) is 0.563. The van der Waals surface area contributed by atoms with E-state index in [1.54, 1.807) is 19.2 Å². The van der Waals surface area contributed by atoms with E-state index in [-0.39, 0.29) is 11.7 Å². The van der Waals surface area contributed by atoms with E-state index in [4.69, 9.17) is 5.73 Å². The summed E-state index contributed by atoms with van der Waals surface area (Å²) in [5.41, 5.74) is 9.37. The monoisotopic (exact) mass is 259 g/mol. The van der Waals surface area contributed by atoms with Crippen molar-refractivity contribution in [1.29, 1.82) is 0 Å². The van der Waals surface area contributed by atoms with Gasteiger partial charge in [0.15, 0.2) is 0 Å². The zero-order valence-electron chi connectivity index (χ0n) is 11.2. The first-order valence-corrected chi connectivity index (χ1v) is 6.00. The molecule has 1 aromatic heterocycles. The molecule has 0 fully saturated rings. The van der Waals surface area contributed by atoms with Gasteiger partial charge < -0.3 is 11.1 Å². The number of nitrogens with two attached hydrogens (primary N) is 1. The fourth-order valence-corrected chi connectivity index (χ4v) is 1.74. The average molecular weight is 259 g/mol. The van der Waals surface area contributed by atoms with Crippen LogP contribution in [0, 0.1) is 6.92 Å². The summed E-state index contributed by atoms with van der Waals surface area (Å²) in [6.07, 6.45) is 3.51. The van der Waals surface area contributed by atoms with Crippen molar-refractivity contribution in [2.45, 2.75) is 26.9 Å². The molecule has 0 aliphatic carbocycles. The van der Waals surface area contributed by atoms with Crippen molar-refractivity contribution in [1.82, 2.24) is 15.5 Å². The summed E-state index contributed by atoms with van der Waals surface area (Å²) < 4.78 is 0. The van der Waals surface area contributed by atoms with E-state index in [0.717, 1.165) is 17.0 Å². The number of hydrogen-bond donors (Lipinski definition) is 3. The number of nitrogens with zero attached hydrogens (tertiary/aromatic N) is 2. The van der Waals surface area contributed by atoms with Crippen LogP contribution in [0.5, 0.6) is 0 Å². The van der Waals surface area contributed by atoms with Crippen LogP contribution >= 0.6 is 0 Å². The second-order valence-electron chi connectivity index (χ2n) is 4.53. The number of dihydropyridines is 1. The molecule has 100 valence electrons. The molecular weight excluding hydrogens is 242 g/mol. The lowest BCUT2D eigenvalue weighted by molar-refractivity contribution is 0.711. The van der Waals surface area contributed by atoms with Crippen LogP contribution in [-0.4, -0.2) is 22.1 Å². The number of aryl methyl sites for hydroxylation is 1. The molecule has 1 aliphatic heterocycles. The predicted molar refractivity (Wildman–Crippen MR) is 74.8 cm³/mol. The highest BCUT2D eigenvalue weighted by Crippen LogP contribution is 2.15. The molecule has 1 aliphatic rings. The van der Waals surface area contributed by atoms with Crippen LogP contribution in [0.2, 0.25) is 0 Å². The maximum absolute atomic E-state index is 11.3. The van der Waals surface area contributed by atoms with Crippen LogP contribution in [0.15, 0.2) is 39.4 Å². The Kier molecular flexibility index (Phi) is 3.62. The van der Waals surface area contributed by atoms with Crippen molar-refractivity contribution in [3.8, 4) is 0 Å². The zero-order chi connectivity index (χ0) is 14.0. The van der Waals surface area contributed by atoms with Crippen molar-refractivity contribution in [3.05, 3.63) is 51.2 Å². The Morgan fingerprint density at radius 1 is 1.47 bits per heavy atom. The van der Waals surface area contributed by atoms with E-state index in [9.17, 15) is 4.79 Å². The van der Waals surface area contributed by atoms with E-state index in [1.165, 1.54) is 0 Å². The molecule has 0 bridgehead atoms. The second kappa shape index (κ2) is 5.19. The molecule has 1 unspecified atom stereocenters. The Labute approximate surface area is 111 Å². The Hall–Kier alpha value is -2.21. The summed E-state index contributed by atoms with van der Waals surface area (Å²) in [4.78, 5) is 15.8. The highest BCUT2D eigenvalue weighted by atomic mass is 16.1. The Morgan fingerprint density at radius 2 is 2.21 bits per heavy atom. The molecule has 0 radical (unpaired) electrons. The van der Waals surface area contributed by atoms with Gasteiger partial charge in [-0.2, -0.15) is 5.10 Å². The lowest BCUT2D eigenvalue weighted by Crippen LogP contribution is -2.34. The highest BCUT2D eigenvalue weighted by Gasteiger charge is 2.09. The summed E-state index contributed by atoms with van der Waals surface area (Å²) >= 11 is 0. The number of aromatic nitrogens is 2. The lowest BCUT2D eigenvalue weighted by Gasteiger charge is -2.16. The third kappa shape index (κ3) is 2.97. The molecule has 0 spiro atoms. The van der Waals surface area contributed by atoms with Gasteiger partial charge >= 0.3 is 0 Å². The third-order valence-electron chi connectivity index (χ3n) is 2.89. The average Bonchev–Trinajstić information content (AvgIpc) is 2.36. The minimum atomic E-state index is -0.183. The number of aliphatic imine (C=N–C) groups is 1. The van der Waals surface area contributed by atoms with Crippen LogP contribution in [-0.2, 0) is 0 Å². The van der Waals surface area contributed by atoms with Crippen LogP contribution in [0.25, 0.3) is 0 Å². The standard InChI is InChI=1S/C13H17N5O/c1-7-5-12(14)15-6-11(7)16-9(3)10-4-8(2)13(19)18-17-10/h4-6,12,15H,14H2,1-3H3,(H,18,19). The Balaban J connectivity index is 2.31. The fraction of sp³-hybridized carbons (Fsp3) is 0.308. The molecule has 0 saturated carbocycles. The van der Waals surface area contributed by atoms with Crippen molar-refractivity contribution in [2.75, 3.05) is 0 Å². The molecule has 2 heterocycles. The highest BCUT2D eigenvalue weighted by molar-refractivity contribution is 5.97. The van der Waals surface area contributed by atoms with Gasteiger partial charge in [-0.05, 0) is 38.5 Å². The third-order valence-corrected chi connectivity index (χ3v) is 2.89. The molecule has 0 saturated heterocycles. The topological polar surface area (TPSA) is 96.2 Å². The first kappa shape index (κ1) is 13.2. The quantitative estimate of drug-likeness (QED) is 0.676. The zero-order valence-corrected chi connectivity index (χ0v) is 11.2. The van der Waals surface area contributed by atoms with Gasteiger partial charge in [-0.3, -0.25) is 4.79 Å². The maximum atomic E-state index is 11.3. The lowest BCUT2D eigenvalue weighted by atomic mass is 10.1. The number of rotatable bonds is 2. The first-order valence-electron chi connectivity index (χ1n) is 6.00. The number of nitrogens with one attached hydrogen (secondary N) is 2. The SMILES string of the molecule is CC1=CC(N)NC=C1N=C(C)c1cc(C)c(=O)[nH]n1. The summed E-state index contributed by atoms with van der Waals surface area (Å²) in [6, 6.07) is 1.72. The van der Waals surface area contributed by atoms with E-state index in [1.807, 2.05) is 19.9 Å². The van der Waals surface area contributed by atoms with E-state index in [2.05, 4.69) is 20.5 Å². The Morgan fingerprint density at radius 3 is 2.84 bits per heavy atom. The molecule has 0 aromatic carbocycles. The molecule has 6 heteroatoms. The van der Waals surface area contributed by atoms with E-state index in [0.29, 0.717) is 11.3 Å². The minimum absolute atomic E-state index is 0.173. The fourth-order valence-electron chi connectivity index (χ4n) is 1.74. The van der Waals surface area contributed by atoms with Crippen molar-refractivity contribution >= 4 is 5.71 Å². The van der Waals surface area contributed by atoms with Gasteiger partial charge in [-0.25, -0.2) is 10.1 Å². The largest absolute Gasteiger partial charge is 0.371 e. The number of aromatic amines is 1. The smallest absolute Gasteiger partial charge is 0.267 e. The maximum Gasteiger partial charge on any atom is 0.267 e. The van der Waals surface area contributed by atoms with Gasteiger partial charge in [0.1, 0.15) is 5.69 Å². The van der Waals surface area contributed by atoms with Gasteiger partial charge in [-0.15, -0.1) is 0 Å². The number of H-pyrrole nitrogens is 1. The van der Waals surface area contributed by atoms with Crippen molar-refractivity contribution in [3.63, 3.8) is 0 Å². The van der Waals surface area contributed by atoms with Gasteiger partial charge in [0.25, 0.3) is 5.56 Å². The molecule has 6 nitrogen and oxygen atoms in total. The molecule has 2 rings (SSSR count). The second-order valence-corrected chi connectivity index (χ2v) is 4.53. The van der Waals surface area contributed by atoms with Crippen LogP contribution < -0.4 is 16.6 Å². The molecule has 19 heavy (non-hydrogen) atoms. The molecule has 0 amide bonds. The normalized spacial score (nSPS) is 19.6. The molecular formula is C13H17N5O. The number of hydrogen-bond acceptors (Lipinski definition) is 5.